The van der Waals surface area contributed by atoms with Crippen molar-refractivity contribution < 1.29 is 14.4 Å². The SMILES string of the molecule is CC(C)C1C(=O)NC(=O)N(Cc2ccn(C)n2)C1=O. The molecule has 1 N–H and O–H groups in total. The zero-order valence-corrected chi connectivity index (χ0v) is 11.1. The molecular formula is C12H16N4O3. The Morgan fingerprint density at radius 3 is 2.58 bits per heavy atom. The Hall–Kier alpha value is -2.18. The maximum Gasteiger partial charge on any atom is 0.331 e. The maximum atomic E-state index is 12.2. The molecule has 4 amide bonds. The lowest BCUT2D eigenvalue weighted by Gasteiger charge is -2.31. The normalized spacial score (nSPS) is 20.1. The van der Waals surface area contributed by atoms with E-state index >= 15 is 0 Å². The molecule has 0 spiro atoms. The van der Waals surface area contributed by atoms with Gasteiger partial charge >= 0.3 is 6.03 Å². The first-order valence-electron chi connectivity index (χ1n) is 6.05. The van der Waals surface area contributed by atoms with Crippen LogP contribution >= 0.6 is 0 Å². The lowest BCUT2D eigenvalue weighted by molar-refractivity contribution is -0.144. The minimum absolute atomic E-state index is 0.0714. The summed E-state index contributed by atoms with van der Waals surface area (Å²) in [5.74, 6) is -1.97. The van der Waals surface area contributed by atoms with Gasteiger partial charge in [-0.1, -0.05) is 13.8 Å². The Morgan fingerprint density at radius 2 is 2.05 bits per heavy atom. The van der Waals surface area contributed by atoms with Crippen molar-refractivity contribution in [1.29, 1.82) is 0 Å². The zero-order valence-electron chi connectivity index (χ0n) is 11.1. The molecule has 1 unspecified atom stereocenters. The van der Waals surface area contributed by atoms with Crippen molar-refractivity contribution >= 4 is 17.8 Å². The Bertz CT molecular complexity index is 535. The monoisotopic (exact) mass is 264 g/mol. The number of carbonyl (C=O) groups excluding carboxylic acids is 3. The van der Waals surface area contributed by atoms with Gasteiger partial charge < -0.3 is 0 Å². The highest BCUT2D eigenvalue weighted by Crippen LogP contribution is 2.20. The molecule has 102 valence electrons. The molecule has 1 fully saturated rings. The van der Waals surface area contributed by atoms with E-state index in [-0.39, 0.29) is 12.5 Å². The molecule has 0 aliphatic carbocycles. The summed E-state index contributed by atoms with van der Waals surface area (Å²) in [4.78, 5) is 36.6. The third-order valence-corrected chi connectivity index (χ3v) is 3.05. The smallest absolute Gasteiger partial charge is 0.277 e. The number of aromatic nitrogens is 2. The molecule has 1 aromatic rings. The van der Waals surface area contributed by atoms with Crippen LogP contribution in [0.3, 0.4) is 0 Å². The Labute approximate surface area is 110 Å². The van der Waals surface area contributed by atoms with Crippen LogP contribution < -0.4 is 5.32 Å². The van der Waals surface area contributed by atoms with Gasteiger partial charge in [-0.2, -0.15) is 5.10 Å². The molecule has 1 saturated heterocycles. The average Bonchev–Trinajstić information content (AvgIpc) is 2.69. The van der Waals surface area contributed by atoms with Crippen molar-refractivity contribution in [3.05, 3.63) is 18.0 Å². The van der Waals surface area contributed by atoms with Crippen LogP contribution in [0.15, 0.2) is 12.3 Å². The first-order chi connectivity index (χ1) is 8.90. The standard InChI is InChI=1S/C12H16N4O3/c1-7(2)9-10(17)13-12(19)16(11(9)18)6-8-4-5-15(3)14-8/h4-5,7,9H,6H2,1-3H3,(H,13,17,19). The molecule has 0 aromatic carbocycles. The van der Waals surface area contributed by atoms with Gasteiger partial charge in [0.1, 0.15) is 5.92 Å². The number of barbiturate groups is 1. The summed E-state index contributed by atoms with van der Waals surface area (Å²) in [5, 5.41) is 6.33. The Balaban J connectivity index is 2.21. The van der Waals surface area contributed by atoms with Crippen molar-refractivity contribution in [2.75, 3.05) is 0 Å². The van der Waals surface area contributed by atoms with E-state index in [1.165, 1.54) is 0 Å². The number of rotatable bonds is 3. The van der Waals surface area contributed by atoms with Crippen LogP contribution in [0.5, 0.6) is 0 Å². The number of amides is 4. The zero-order chi connectivity index (χ0) is 14.2. The van der Waals surface area contributed by atoms with Crippen molar-refractivity contribution in [1.82, 2.24) is 20.0 Å². The summed E-state index contributed by atoms with van der Waals surface area (Å²) >= 11 is 0. The lowest BCUT2D eigenvalue weighted by atomic mass is 9.92. The molecule has 7 heteroatoms. The van der Waals surface area contributed by atoms with Gasteiger partial charge in [0.25, 0.3) is 0 Å². The van der Waals surface area contributed by atoms with Crippen LogP contribution in [0.25, 0.3) is 0 Å². The van der Waals surface area contributed by atoms with E-state index in [4.69, 9.17) is 0 Å². The molecule has 0 saturated carbocycles. The van der Waals surface area contributed by atoms with Crippen LogP contribution in [0.1, 0.15) is 19.5 Å². The van der Waals surface area contributed by atoms with Gasteiger partial charge in [0.15, 0.2) is 0 Å². The van der Waals surface area contributed by atoms with Crippen LogP contribution in [-0.4, -0.2) is 32.5 Å². The summed E-state index contributed by atoms with van der Waals surface area (Å²) in [5.41, 5.74) is 0.600. The predicted octanol–water partition coefficient (Wildman–Crippen LogP) is 0.271. The van der Waals surface area contributed by atoms with Gasteiger partial charge in [-0.25, -0.2) is 4.79 Å². The lowest BCUT2D eigenvalue weighted by Crippen LogP contribution is -2.58. The second-order valence-electron chi connectivity index (χ2n) is 4.92. The van der Waals surface area contributed by atoms with E-state index in [1.54, 1.807) is 37.8 Å². The van der Waals surface area contributed by atoms with E-state index in [9.17, 15) is 14.4 Å². The third-order valence-electron chi connectivity index (χ3n) is 3.05. The number of nitrogens with one attached hydrogen (secondary N) is 1. The number of nitrogens with zero attached hydrogens (tertiary/aromatic N) is 3. The van der Waals surface area contributed by atoms with Crippen molar-refractivity contribution in [2.24, 2.45) is 18.9 Å². The van der Waals surface area contributed by atoms with Crippen molar-refractivity contribution in [3.63, 3.8) is 0 Å². The van der Waals surface area contributed by atoms with Gasteiger partial charge in [-0.3, -0.25) is 24.5 Å². The Morgan fingerprint density at radius 1 is 1.37 bits per heavy atom. The molecule has 2 rings (SSSR count). The number of hydrogen-bond acceptors (Lipinski definition) is 4. The van der Waals surface area contributed by atoms with Crippen LogP contribution in [0, 0.1) is 11.8 Å². The first-order valence-corrected chi connectivity index (χ1v) is 6.05. The van der Waals surface area contributed by atoms with Crippen molar-refractivity contribution in [2.45, 2.75) is 20.4 Å². The number of carbonyl (C=O) groups is 3. The summed E-state index contributed by atoms with van der Waals surface area (Å²) in [6, 6.07) is 1.04. The highest BCUT2D eigenvalue weighted by Gasteiger charge is 2.42. The molecule has 1 atom stereocenters. The summed E-state index contributed by atoms with van der Waals surface area (Å²) in [6.45, 7) is 3.62. The predicted molar refractivity (Wildman–Crippen MR) is 65.6 cm³/mol. The number of imide groups is 2. The van der Waals surface area contributed by atoms with Gasteiger partial charge in [-0.05, 0) is 12.0 Å². The fraction of sp³-hybridized carbons (Fsp3) is 0.500. The van der Waals surface area contributed by atoms with Crippen LogP contribution in [-0.2, 0) is 23.2 Å². The molecule has 1 aliphatic heterocycles. The quantitative estimate of drug-likeness (QED) is 0.794. The van der Waals surface area contributed by atoms with E-state index in [2.05, 4.69) is 10.4 Å². The molecule has 19 heavy (non-hydrogen) atoms. The van der Waals surface area contributed by atoms with E-state index in [0.717, 1.165) is 4.90 Å². The highest BCUT2D eigenvalue weighted by molar-refractivity contribution is 6.16. The number of aryl methyl sites for hydroxylation is 1. The van der Waals surface area contributed by atoms with E-state index in [1.807, 2.05) is 0 Å². The molecule has 1 aliphatic rings. The Kier molecular flexibility index (Phi) is 3.37. The largest absolute Gasteiger partial charge is 0.331 e. The second kappa shape index (κ2) is 4.83. The van der Waals surface area contributed by atoms with E-state index < -0.39 is 23.8 Å². The highest BCUT2D eigenvalue weighted by atomic mass is 16.2. The van der Waals surface area contributed by atoms with Crippen LogP contribution in [0.4, 0.5) is 4.79 Å². The van der Waals surface area contributed by atoms with Crippen LogP contribution in [0.2, 0.25) is 0 Å². The van der Waals surface area contributed by atoms with Crippen molar-refractivity contribution in [3.8, 4) is 0 Å². The number of hydrogen-bond donors (Lipinski definition) is 1. The molecule has 0 radical (unpaired) electrons. The molecular weight excluding hydrogens is 248 g/mol. The third kappa shape index (κ3) is 2.49. The number of urea groups is 1. The maximum absolute atomic E-state index is 12.2. The fourth-order valence-corrected chi connectivity index (χ4v) is 2.08. The topological polar surface area (TPSA) is 84.3 Å². The van der Waals surface area contributed by atoms with Gasteiger partial charge in [-0.15, -0.1) is 0 Å². The minimum Gasteiger partial charge on any atom is -0.277 e. The fourth-order valence-electron chi connectivity index (χ4n) is 2.08. The second-order valence-corrected chi connectivity index (χ2v) is 4.92. The molecule has 0 bridgehead atoms. The minimum atomic E-state index is -0.818. The molecule has 2 heterocycles. The molecule has 1 aromatic heterocycles. The molecule has 7 nitrogen and oxygen atoms in total. The summed E-state index contributed by atoms with van der Waals surface area (Å²) in [7, 11) is 1.75. The van der Waals surface area contributed by atoms with Gasteiger partial charge in [0.2, 0.25) is 11.8 Å². The van der Waals surface area contributed by atoms with Gasteiger partial charge in [0.05, 0.1) is 12.2 Å². The first kappa shape index (κ1) is 13.3. The average molecular weight is 264 g/mol. The van der Waals surface area contributed by atoms with Gasteiger partial charge in [0, 0.05) is 13.2 Å². The van der Waals surface area contributed by atoms with E-state index in [0.29, 0.717) is 5.69 Å². The summed E-state index contributed by atoms with van der Waals surface area (Å²) in [6.07, 6.45) is 1.73. The summed E-state index contributed by atoms with van der Waals surface area (Å²) < 4.78 is 1.59.